The van der Waals surface area contributed by atoms with Crippen molar-refractivity contribution in [2.24, 2.45) is 0 Å². The number of rotatable bonds is 30. The van der Waals surface area contributed by atoms with E-state index >= 15 is 0 Å². The van der Waals surface area contributed by atoms with Crippen LogP contribution in [-0.2, 0) is 14.2 Å². The molecule has 36 heteroatoms. The summed E-state index contributed by atoms with van der Waals surface area (Å²) in [5.41, 5.74) is -10.4. The lowest BCUT2D eigenvalue weighted by molar-refractivity contribution is -0.0629. The quantitative estimate of drug-likeness (QED) is 0.0168. The number of aromatic nitrogens is 15. The highest BCUT2D eigenvalue weighted by Gasteiger charge is 2.49. The second-order valence-corrected chi connectivity index (χ2v) is 27.0. The molecule has 3 aromatic carbocycles. The van der Waals surface area contributed by atoms with E-state index in [9.17, 15) is 54.0 Å². The third-order valence-electron chi connectivity index (χ3n) is 17.2. The molecular weight excluding hydrogens is 1460 g/mol. The van der Waals surface area contributed by atoms with Gasteiger partial charge in [0.1, 0.15) is 54.1 Å². The maximum absolute atomic E-state index is 14.9. The fourth-order valence-corrected chi connectivity index (χ4v) is 13.3. The van der Waals surface area contributed by atoms with Crippen LogP contribution < -0.4 is 16.0 Å². The maximum Gasteiger partial charge on any atom is 0.191 e. The van der Waals surface area contributed by atoms with Crippen LogP contribution in [0.5, 0.6) is 0 Å². The van der Waals surface area contributed by atoms with Gasteiger partial charge in [0.15, 0.2) is 66.4 Å². The number of hydrogen-bond donors (Lipinski definition) is 12. The molecule has 0 saturated heterocycles. The second-order valence-electron chi connectivity index (χ2n) is 24.5. The average Bonchev–Trinajstić information content (AvgIpc) is 1.48. The number of aliphatic hydroxyl groups is 9. The van der Waals surface area contributed by atoms with Crippen molar-refractivity contribution in [3.8, 4) is 0 Å². The number of thioether (sulfide) groups is 3. The Labute approximate surface area is 676 Å². The highest BCUT2D eigenvalue weighted by molar-refractivity contribution is 7.99. The summed E-state index contributed by atoms with van der Waals surface area (Å²) in [6.45, 7) is 0.617. The summed E-state index contributed by atoms with van der Waals surface area (Å²) in [5, 5.41) is 123. The minimum absolute atomic E-state index is 0.00743. The van der Waals surface area contributed by atoms with Crippen molar-refractivity contribution in [2.75, 3.05) is 72.6 Å². The standard InChI is InChI=1S/3C24H31FN6O4S/c3*1-3-8-36-24-27-22(26-16-10-14(16)13-5-4-12(2)15(25)9-13)19-23(28-24)31(30-29-19)17-11-18(35-7-6-32)21(34)20(17)33/h3*4-5,9,14,16-18,20-21,32-34H,3,6-8,10-11H2,1-2H3,(H,26,27,28)/t3*14-,16+,17+,18-,20-,21+/m000/s1/i2*4D,5D,7D2,8D2,9D,10D2,14D,16D;4D,5D,8D2,9D,10D2,14D,16D. The van der Waals surface area contributed by atoms with Crippen LogP contribution in [0.15, 0.2) is 69.9 Å². The zero-order chi connectivity index (χ0) is 104. The van der Waals surface area contributed by atoms with Crippen molar-refractivity contribution in [1.82, 2.24) is 74.9 Å². The molecule has 0 spiro atoms. The number of aliphatic hydroxyl groups excluding tert-OH is 9. The molecule has 6 aliphatic rings. The van der Waals surface area contributed by atoms with Crippen LogP contribution in [0.3, 0.4) is 0 Å². The van der Waals surface area contributed by atoms with Gasteiger partial charge in [-0.1, -0.05) is 108 Å². The maximum atomic E-state index is 14.9. The van der Waals surface area contributed by atoms with Gasteiger partial charge in [0.2, 0.25) is 0 Å². The monoisotopic (exact) mass is 1590 g/mol. The van der Waals surface area contributed by atoms with Gasteiger partial charge in [-0.2, -0.15) is 0 Å². The molecular formula is C72H93F3N18O12S3. The summed E-state index contributed by atoms with van der Waals surface area (Å²) >= 11 is 1.69. The average molecular weight is 1590 g/mol. The van der Waals surface area contributed by atoms with Gasteiger partial charge in [-0.05, 0) is 111 Å². The molecule has 18 atom stereocenters. The Balaban J connectivity index is 0.000000176. The predicted octanol–water partition coefficient (Wildman–Crippen LogP) is 6.55. The summed E-state index contributed by atoms with van der Waals surface area (Å²) in [4.78, 5) is 25.7. The largest absolute Gasteiger partial charge is 0.394 e. The number of fused-ring (bicyclic) bond motifs is 3. The molecule has 6 aromatic heterocycles. The number of hydrogen-bond acceptors (Lipinski definition) is 30. The molecule has 0 bridgehead atoms. The molecule has 6 aliphatic carbocycles. The first-order valence-corrected chi connectivity index (χ1v) is 36.0. The number of anilines is 3. The molecule has 0 aliphatic heterocycles. The highest BCUT2D eigenvalue weighted by Crippen LogP contribution is 2.48. The van der Waals surface area contributed by atoms with Gasteiger partial charge in [-0.15, -0.1) is 15.3 Å². The number of nitrogens with one attached hydrogen (secondary N) is 3. The first-order chi connectivity index (χ1) is 64.1. The number of benzene rings is 3. The lowest BCUT2D eigenvalue weighted by Gasteiger charge is -2.17. The van der Waals surface area contributed by atoms with Crippen molar-refractivity contribution in [2.45, 2.75) is 223 Å². The third kappa shape index (κ3) is 17.5. The topological polar surface area (TPSA) is 415 Å². The second kappa shape index (κ2) is 35.1. The molecule has 0 unspecified atom stereocenters. The summed E-state index contributed by atoms with van der Waals surface area (Å²) in [5.74, 6) is -13.3. The van der Waals surface area contributed by atoms with Gasteiger partial charge < -0.3 is 76.1 Å². The molecule has 0 radical (unpaired) electrons. The van der Waals surface area contributed by atoms with Crippen molar-refractivity contribution in [3.05, 3.63) is 105 Å². The van der Waals surface area contributed by atoms with E-state index in [0.29, 0.717) is 35.3 Å². The van der Waals surface area contributed by atoms with E-state index in [2.05, 4.69) is 76.8 Å². The first-order valence-electron chi connectivity index (χ1n) is 49.0. The lowest BCUT2D eigenvalue weighted by Crippen LogP contribution is -2.33. The van der Waals surface area contributed by atoms with Crippen molar-refractivity contribution in [3.63, 3.8) is 0 Å². The van der Waals surface area contributed by atoms with Crippen LogP contribution in [0, 0.1) is 38.2 Å². The molecule has 6 saturated carbocycles. The van der Waals surface area contributed by atoms with E-state index in [4.69, 9.17) is 61.8 Å². The van der Waals surface area contributed by atoms with E-state index in [-0.39, 0.29) is 123 Å². The number of halogens is 3. The van der Waals surface area contributed by atoms with Crippen LogP contribution in [-0.4, -0.2) is 250 Å². The summed E-state index contributed by atoms with van der Waals surface area (Å²) < 4.78 is 323. The van der Waals surface area contributed by atoms with Crippen LogP contribution in [0.1, 0.15) is 190 Å². The van der Waals surface area contributed by atoms with Gasteiger partial charge in [-0.3, -0.25) is 0 Å². The fraction of sp³-hybridized carbons (Fsp3) is 0.583. The number of nitrogens with zero attached hydrogens (tertiary/aromatic N) is 15. The zero-order valence-electron chi connectivity index (χ0n) is 88.8. The van der Waals surface area contributed by atoms with Gasteiger partial charge in [0.05, 0.1) is 97.9 Å². The minimum atomic E-state index is -2.92. The highest BCUT2D eigenvalue weighted by atomic mass is 32.2. The van der Waals surface area contributed by atoms with Gasteiger partial charge in [-0.25, -0.2) is 57.1 Å². The normalized spacial score (nSPS) is 37.9. The summed E-state index contributed by atoms with van der Waals surface area (Å²) in [7, 11) is 0. The SMILES string of the molecule is [2H]c1c([2H])c([C@]2([2H])C([2H])([2H])[C@@]2([2H])Nc2nc(SC([2H])([2H])CC)nc3c2nnn3[C@@H]2C[C@H](OC([2H])([2H])CO)[C@@H](O)[C@H]2O)c([2H])c(F)c1C.[2H]c1c([2H])c([C@]2([2H])C([2H])([2H])[C@@]2([2H])Nc2nc(SC([2H])([2H])CC)nc3c2nnn3[C@@H]2C[C@H](OC([2H])([2H])CO)[C@@H](O)[C@H]2O)c([2H])c(F)c1C.[2H]c1c([2H])c([C@]2([2H])C([2H])([2H])[C@@]2([2H])Nc2nc(SC([2H])([2H])CC)nc3c2nnn3[C@@H]2C[C@H](OCCO)[C@@H](O)[C@H]2O)c([2H])c(F)c1C. The molecule has 6 fully saturated rings. The Kier molecular flexibility index (Phi) is 15.8. The van der Waals surface area contributed by atoms with Crippen molar-refractivity contribution in [1.29, 1.82) is 0 Å². The van der Waals surface area contributed by atoms with E-state index < -0.39 is 272 Å². The Morgan fingerprint density at radius 2 is 0.778 bits per heavy atom. The molecule has 15 rings (SSSR count). The molecule has 0 amide bonds. The van der Waals surface area contributed by atoms with Crippen LogP contribution in [0.2, 0.25) is 0 Å². The third-order valence-corrected chi connectivity index (χ3v) is 19.6. The smallest absolute Gasteiger partial charge is 0.191 e. The molecule has 6 heterocycles. The predicted molar refractivity (Wildman–Crippen MR) is 398 cm³/mol. The van der Waals surface area contributed by atoms with Gasteiger partial charge in [0.25, 0.3) is 0 Å². The van der Waals surface area contributed by atoms with Crippen molar-refractivity contribution < 1.29 is 116 Å². The van der Waals surface area contributed by atoms with E-state index in [1.54, 1.807) is 20.8 Å². The Hall–Kier alpha value is -7.14. The molecule has 12 N–H and O–H groups in total. The Morgan fingerprint density at radius 1 is 0.472 bits per heavy atom. The van der Waals surface area contributed by atoms with Crippen LogP contribution >= 0.6 is 35.3 Å². The first kappa shape index (κ1) is 48.6. The van der Waals surface area contributed by atoms with Gasteiger partial charge >= 0.3 is 0 Å². The Bertz CT molecular complexity index is 5960. The van der Waals surface area contributed by atoms with Crippen LogP contribution in [0.4, 0.5) is 30.6 Å². The molecule has 9 aromatic rings. The minimum Gasteiger partial charge on any atom is -0.394 e. The fourth-order valence-electron chi connectivity index (χ4n) is 11.6. The molecule has 30 nitrogen and oxygen atoms in total. The van der Waals surface area contributed by atoms with E-state index in [1.165, 1.54) is 6.92 Å². The Morgan fingerprint density at radius 3 is 1.06 bits per heavy atom. The summed E-state index contributed by atoms with van der Waals surface area (Å²) in [6, 6.07) is -18.9. The summed E-state index contributed by atoms with van der Waals surface area (Å²) in [6.07, 6.45) is -22.0. The molecule has 108 heavy (non-hydrogen) atoms. The lowest BCUT2D eigenvalue weighted by atomic mass is 10.1. The van der Waals surface area contributed by atoms with E-state index in [1.807, 2.05) is 0 Å². The zero-order valence-corrected chi connectivity index (χ0v) is 60.3. The van der Waals surface area contributed by atoms with E-state index in [0.717, 1.165) is 27.9 Å². The van der Waals surface area contributed by atoms with Crippen molar-refractivity contribution >= 4 is 86.2 Å². The van der Waals surface area contributed by atoms with Crippen LogP contribution in [0.25, 0.3) is 33.5 Å². The number of ether oxygens (including phenoxy) is 3. The molecule has 582 valence electrons. The van der Waals surface area contributed by atoms with Gasteiger partial charge in [0, 0.05) is 92.7 Å².